The van der Waals surface area contributed by atoms with E-state index in [4.69, 9.17) is 28.4 Å². The van der Waals surface area contributed by atoms with Crippen LogP contribution in [0, 0.1) is 35.0 Å². The van der Waals surface area contributed by atoms with Crippen LogP contribution in [0.1, 0.15) is 68.2 Å². The normalized spacial score (nSPS) is 47.5. The van der Waals surface area contributed by atoms with Gasteiger partial charge in [0.1, 0.15) is 29.5 Å². The van der Waals surface area contributed by atoms with Crippen molar-refractivity contribution < 1.29 is 62.3 Å². The summed E-state index contributed by atoms with van der Waals surface area (Å²) in [6.07, 6.45) is -5.26. The molecule has 1 saturated heterocycles. The molecule has 0 aromatic carbocycles. The summed E-state index contributed by atoms with van der Waals surface area (Å²) < 4.78 is 36.3. The van der Waals surface area contributed by atoms with E-state index in [9.17, 15) is 33.9 Å². The number of carbonyl (C=O) groups excluding carboxylic acids is 6. The molecule has 5 aliphatic rings. The van der Waals surface area contributed by atoms with Gasteiger partial charge in [-0.25, -0.2) is 0 Å². The maximum absolute atomic E-state index is 14.6. The number of aliphatic hydroxyl groups is 1. The maximum Gasteiger partial charge on any atom is 0.303 e. The van der Waals surface area contributed by atoms with Crippen molar-refractivity contribution in [3.05, 3.63) is 0 Å². The van der Waals surface area contributed by atoms with Crippen molar-refractivity contribution >= 4 is 35.6 Å². The van der Waals surface area contributed by atoms with Gasteiger partial charge in [-0.1, -0.05) is 6.92 Å². The zero-order valence-corrected chi connectivity index (χ0v) is 25.7. The van der Waals surface area contributed by atoms with Gasteiger partial charge in [-0.05, 0) is 32.6 Å². The fourth-order valence-electron chi connectivity index (χ4n) is 9.80. The Morgan fingerprint density at radius 1 is 0.814 bits per heavy atom. The van der Waals surface area contributed by atoms with Crippen LogP contribution in [0.15, 0.2) is 0 Å². The zero-order valence-electron chi connectivity index (χ0n) is 25.7. The Labute approximate surface area is 249 Å². The number of ketones is 1. The Morgan fingerprint density at radius 3 is 1.93 bits per heavy atom. The van der Waals surface area contributed by atoms with E-state index in [-0.39, 0.29) is 19.4 Å². The monoisotopic (exact) mass is 608 g/mol. The quantitative estimate of drug-likeness (QED) is 0.346. The molecule has 238 valence electrons. The van der Waals surface area contributed by atoms with Gasteiger partial charge >= 0.3 is 29.8 Å². The van der Waals surface area contributed by atoms with E-state index >= 15 is 0 Å². The first kappa shape index (κ1) is 31.4. The summed E-state index contributed by atoms with van der Waals surface area (Å²) in [5, 5.41) is 11.5. The Kier molecular flexibility index (Phi) is 7.28. The van der Waals surface area contributed by atoms with Crippen LogP contribution in [-0.2, 0) is 57.2 Å². The minimum atomic E-state index is -1.79. The highest BCUT2D eigenvalue weighted by atomic mass is 16.6. The minimum Gasteiger partial charge on any atom is -0.462 e. The van der Waals surface area contributed by atoms with Crippen LogP contribution >= 0.6 is 0 Å². The lowest BCUT2D eigenvalue weighted by Gasteiger charge is -2.64. The summed E-state index contributed by atoms with van der Waals surface area (Å²) >= 11 is 0. The van der Waals surface area contributed by atoms with E-state index in [1.54, 1.807) is 20.8 Å². The molecule has 13 heteroatoms. The predicted octanol–water partition coefficient (Wildman–Crippen LogP) is 1.05. The van der Waals surface area contributed by atoms with Gasteiger partial charge in [0.2, 0.25) is 0 Å². The van der Waals surface area contributed by atoms with Crippen molar-refractivity contribution in [2.45, 2.75) is 109 Å². The lowest BCUT2D eigenvalue weighted by Crippen LogP contribution is -2.74. The molecule has 0 aromatic rings. The third-order valence-corrected chi connectivity index (χ3v) is 10.6. The van der Waals surface area contributed by atoms with Gasteiger partial charge in [-0.2, -0.15) is 0 Å². The van der Waals surface area contributed by atoms with E-state index in [1.807, 2.05) is 0 Å². The molecule has 1 heterocycles. The molecule has 1 N–H and O–H groups in total. The Morgan fingerprint density at radius 2 is 1.40 bits per heavy atom. The van der Waals surface area contributed by atoms with Crippen LogP contribution < -0.4 is 0 Å². The van der Waals surface area contributed by atoms with E-state index in [0.29, 0.717) is 0 Å². The second kappa shape index (κ2) is 9.98. The van der Waals surface area contributed by atoms with Gasteiger partial charge in [0.05, 0.1) is 17.9 Å². The van der Waals surface area contributed by atoms with Crippen LogP contribution in [0.3, 0.4) is 0 Å². The van der Waals surface area contributed by atoms with Gasteiger partial charge in [0, 0.05) is 52.4 Å². The number of hydrogen-bond acceptors (Lipinski definition) is 13. The molecule has 43 heavy (non-hydrogen) atoms. The van der Waals surface area contributed by atoms with Crippen molar-refractivity contribution in [3.8, 4) is 0 Å². The molecule has 0 spiro atoms. The topological polar surface area (TPSA) is 178 Å². The Hall–Kier alpha value is -3.06. The number of Topliss-reactive ketones (excluding diaryl/α,β-unsaturated/α-hetero) is 1. The van der Waals surface area contributed by atoms with E-state index in [1.165, 1.54) is 27.7 Å². The summed E-state index contributed by atoms with van der Waals surface area (Å²) in [6, 6.07) is 0. The summed E-state index contributed by atoms with van der Waals surface area (Å²) in [4.78, 5) is 77.8. The van der Waals surface area contributed by atoms with Crippen LogP contribution in [0.2, 0.25) is 0 Å². The fourth-order valence-corrected chi connectivity index (χ4v) is 9.80. The van der Waals surface area contributed by atoms with Crippen LogP contribution in [0.4, 0.5) is 0 Å². The fraction of sp³-hybridized carbons (Fsp3) is 0.800. The molecular formula is C30H40O13. The van der Waals surface area contributed by atoms with Gasteiger partial charge in [-0.15, -0.1) is 0 Å². The summed E-state index contributed by atoms with van der Waals surface area (Å²) in [6.45, 7) is 10.7. The molecule has 5 fully saturated rings. The van der Waals surface area contributed by atoms with Crippen molar-refractivity contribution in [1.82, 2.24) is 0 Å². The third-order valence-electron chi connectivity index (χ3n) is 10.6. The molecule has 2 bridgehead atoms. The molecule has 1 aliphatic heterocycles. The lowest BCUT2D eigenvalue weighted by atomic mass is 9.42. The molecule has 5 rings (SSSR count). The second-order valence-corrected chi connectivity index (χ2v) is 13.4. The van der Waals surface area contributed by atoms with Crippen molar-refractivity contribution in [1.29, 1.82) is 0 Å². The first-order valence-corrected chi connectivity index (χ1v) is 14.6. The molecule has 13 atom stereocenters. The number of hydrogen-bond donors (Lipinski definition) is 1. The average molecular weight is 609 g/mol. The lowest BCUT2D eigenvalue weighted by molar-refractivity contribution is -0.259. The second-order valence-electron chi connectivity index (χ2n) is 13.4. The molecule has 0 amide bonds. The van der Waals surface area contributed by atoms with Gasteiger partial charge in [0.15, 0.2) is 17.5 Å². The van der Waals surface area contributed by atoms with Gasteiger partial charge in [0.25, 0.3) is 0 Å². The Bertz CT molecular complexity index is 1280. The molecule has 13 nitrogen and oxygen atoms in total. The maximum atomic E-state index is 14.6. The Balaban J connectivity index is 1.87. The van der Waals surface area contributed by atoms with Gasteiger partial charge in [-0.3, -0.25) is 28.8 Å². The third kappa shape index (κ3) is 4.24. The smallest absolute Gasteiger partial charge is 0.303 e. The average Bonchev–Trinajstić information content (AvgIpc) is 3.28. The first-order chi connectivity index (χ1) is 19.9. The standard InChI is InChI=1S/C30H40O13/c1-12-9-30(43-17(6)35)20(22(12)39-13(2)31)25(40-14(3)32)29-11-38-28(8,26(30)41-15(4)33)23(29)19-18(21(36)24(29)37)10-27(19,7)42-16(5)34/h12,18-23,25-26,36H,9-11H2,1-8H3/t12-,18+,19-,20+,21-,22-,23-,25+,26-,27-,28+,29-,30+/m0/s1. The number of aliphatic hydroxyl groups excluding tert-OH is 1. The highest BCUT2D eigenvalue weighted by Gasteiger charge is 2.86. The number of esters is 5. The predicted molar refractivity (Wildman–Crippen MR) is 141 cm³/mol. The molecule has 4 aliphatic carbocycles. The zero-order chi connectivity index (χ0) is 32.0. The molecule has 0 aromatic heterocycles. The number of ether oxygens (including phenoxy) is 6. The number of carbonyl (C=O) groups is 6. The van der Waals surface area contributed by atoms with Crippen LogP contribution in [0.25, 0.3) is 0 Å². The molecule has 0 radical (unpaired) electrons. The van der Waals surface area contributed by atoms with E-state index in [0.717, 1.165) is 6.92 Å². The van der Waals surface area contributed by atoms with Crippen molar-refractivity contribution in [2.75, 3.05) is 6.61 Å². The van der Waals surface area contributed by atoms with Crippen molar-refractivity contribution in [3.63, 3.8) is 0 Å². The highest BCUT2D eigenvalue weighted by molar-refractivity contribution is 5.93. The molecule has 4 saturated carbocycles. The summed E-state index contributed by atoms with van der Waals surface area (Å²) in [5.41, 5.74) is -6.32. The number of rotatable bonds is 5. The largest absolute Gasteiger partial charge is 0.462 e. The van der Waals surface area contributed by atoms with Gasteiger partial charge < -0.3 is 33.5 Å². The number of fused-ring (bicyclic) bond motifs is 2. The summed E-state index contributed by atoms with van der Waals surface area (Å²) in [7, 11) is 0. The highest BCUT2D eigenvalue weighted by Crippen LogP contribution is 2.72. The SMILES string of the molecule is CC(=O)O[C@@H]1[C@@H]2[C@@H](OC(C)=O)[C@@]34CO[C@@](C)([C@H](OC(C)=O)[C@@]2(OC(C)=O)C[C@@H]1C)[C@@H]3[C@@H]1[C@@H](C[C@]1(C)OC(C)=O)[C@H](O)C4=O. The first-order valence-electron chi connectivity index (χ1n) is 14.6. The molecule has 0 unspecified atom stereocenters. The van der Waals surface area contributed by atoms with Crippen LogP contribution in [0.5, 0.6) is 0 Å². The summed E-state index contributed by atoms with van der Waals surface area (Å²) in [5.74, 6) is -8.21. The van der Waals surface area contributed by atoms with Crippen LogP contribution in [-0.4, -0.2) is 88.6 Å². The molecular weight excluding hydrogens is 568 g/mol. The van der Waals surface area contributed by atoms with Crippen molar-refractivity contribution in [2.24, 2.45) is 35.0 Å². The van der Waals surface area contributed by atoms with E-state index < -0.39 is 112 Å². The van der Waals surface area contributed by atoms with E-state index in [2.05, 4.69) is 0 Å². The minimum absolute atomic E-state index is 0.00128.